The van der Waals surface area contributed by atoms with Gasteiger partial charge in [-0.1, -0.05) is 0 Å². The molecular weight excluding hydrogens is 274 g/mol. The van der Waals surface area contributed by atoms with E-state index in [4.69, 9.17) is 15.6 Å². The maximum absolute atomic E-state index is 9.71. The van der Waals surface area contributed by atoms with Gasteiger partial charge >= 0.3 is 0 Å². The topological polar surface area (TPSA) is 119 Å². The Morgan fingerprint density at radius 3 is 2.89 bits per heavy atom. The number of ether oxygens (including phenoxy) is 1. The van der Waals surface area contributed by atoms with Crippen molar-refractivity contribution in [2.45, 2.75) is 24.9 Å². The molecule has 2 aromatic heterocycles. The minimum absolute atomic E-state index is 0. The van der Waals surface area contributed by atoms with Gasteiger partial charge < -0.3 is 20.7 Å². The van der Waals surface area contributed by atoms with Crippen LogP contribution in [0.25, 0.3) is 11.2 Å². The normalized spacial score (nSPS) is 26.5. The van der Waals surface area contributed by atoms with Crippen LogP contribution in [0.3, 0.4) is 0 Å². The molecule has 0 spiro atoms. The molecule has 2 aromatic rings. The highest BCUT2D eigenvalue weighted by Crippen LogP contribution is 2.30. The number of hydrogen-bond donors (Lipinski definition) is 3. The average Bonchev–Trinajstić information content (AvgIpc) is 2.93. The predicted molar refractivity (Wildman–Crippen MR) is 68.6 cm³/mol. The molecule has 0 saturated carbocycles. The maximum atomic E-state index is 9.71. The first-order valence-corrected chi connectivity index (χ1v) is 5.58. The number of fused-ring (bicyclic) bond motifs is 1. The summed E-state index contributed by atoms with van der Waals surface area (Å²) >= 11 is 0. The third-order valence-corrected chi connectivity index (χ3v) is 3.08. The molecule has 0 radical (unpaired) electrons. The molecule has 4 N–H and O–H groups in total. The Labute approximate surface area is 114 Å². The molecular formula is C10H14ClN5O3. The van der Waals surface area contributed by atoms with Gasteiger partial charge in [0.25, 0.3) is 0 Å². The van der Waals surface area contributed by atoms with E-state index in [-0.39, 0.29) is 19.0 Å². The van der Waals surface area contributed by atoms with Crippen LogP contribution < -0.4 is 5.73 Å². The minimum atomic E-state index is -0.698. The third-order valence-electron chi connectivity index (χ3n) is 3.08. The molecule has 0 amide bonds. The van der Waals surface area contributed by atoms with E-state index >= 15 is 0 Å². The molecule has 3 atom stereocenters. The van der Waals surface area contributed by atoms with E-state index in [1.165, 1.54) is 6.33 Å². The Morgan fingerprint density at radius 2 is 2.21 bits per heavy atom. The van der Waals surface area contributed by atoms with E-state index in [9.17, 15) is 5.11 Å². The van der Waals surface area contributed by atoms with Gasteiger partial charge in [0, 0.05) is 6.42 Å². The highest BCUT2D eigenvalue weighted by molar-refractivity contribution is 5.85. The number of nitrogens with two attached hydrogens (primary N) is 1. The van der Waals surface area contributed by atoms with Gasteiger partial charge in [-0.15, -0.1) is 12.4 Å². The van der Waals surface area contributed by atoms with Crippen LogP contribution in [0.1, 0.15) is 12.6 Å². The third kappa shape index (κ3) is 2.23. The van der Waals surface area contributed by atoms with Crippen molar-refractivity contribution in [1.29, 1.82) is 0 Å². The average molecular weight is 288 g/mol. The molecule has 0 aliphatic carbocycles. The number of aromatic nitrogens is 4. The van der Waals surface area contributed by atoms with Gasteiger partial charge in [-0.25, -0.2) is 15.0 Å². The van der Waals surface area contributed by atoms with Crippen molar-refractivity contribution < 1.29 is 14.9 Å². The largest absolute Gasteiger partial charge is 0.394 e. The van der Waals surface area contributed by atoms with Gasteiger partial charge in [0.15, 0.2) is 11.5 Å². The van der Waals surface area contributed by atoms with Crippen LogP contribution in [0.5, 0.6) is 0 Å². The van der Waals surface area contributed by atoms with Crippen molar-refractivity contribution in [3.8, 4) is 0 Å². The number of nitrogens with zero attached hydrogens (tertiary/aromatic N) is 4. The van der Waals surface area contributed by atoms with Gasteiger partial charge in [0.05, 0.1) is 19.0 Å². The number of imidazole rings is 1. The van der Waals surface area contributed by atoms with Gasteiger partial charge in [-0.3, -0.25) is 4.57 Å². The fourth-order valence-electron chi connectivity index (χ4n) is 2.13. The van der Waals surface area contributed by atoms with Gasteiger partial charge in [-0.2, -0.15) is 0 Å². The zero-order valence-corrected chi connectivity index (χ0v) is 10.7. The maximum Gasteiger partial charge on any atom is 0.167 e. The summed E-state index contributed by atoms with van der Waals surface area (Å²) in [5.74, 6) is 0.302. The fraction of sp³-hybridized carbons (Fsp3) is 0.500. The molecule has 104 valence electrons. The summed E-state index contributed by atoms with van der Waals surface area (Å²) in [6, 6.07) is 0. The van der Waals surface area contributed by atoms with E-state index in [1.54, 1.807) is 10.9 Å². The minimum Gasteiger partial charge on any atom is -0.394 e. The van der Waals surface area contributed by atoms with E-state index in [0.717, 1.165) is 0 Å². The molecule has 1 aliphatic rings. The molecule has 9 heteroatoms. The van der Waals surface area contributed by atoms with Crippen molar-refractivity contribution >= 4 is 29.4 Å². The van der Waals surface area contributed by atoms with Crippen molar-refractivity contribution in [1.82, 2.24) is 19.5 Å². The standard InChI is InChI=1S/C10H13N5O3.ClH/c11-9-8-10(13-3-12-9)15(4-14-8)7-1-5(17)6(2-16)18-7;/h3-7,16-17H,1-2H2,(H2,11,12,13);1H/t5-,6+,7+;/m0./s1. The van der Waals surface area contributed by atoms with Gasteiger partial charge in [-0.05, 0) is 0 Å². The van der Waals surface area contributed by atoms with Crippen molar-refractivity contribution in [2.75, 3.05) is 12.3 Å². The molecule has 0 unspecified atom stereocenters. The second kappa shape index (κ2) is 5.25. The van der Waals surface area contributed by atoms with Crippen LogP contribution in [0, 0.1) is 0 Å². The Hall–Kier alpha value is -1.48. The van der Waals surface area contributed by atoms with Crippen LogP contribution in [0.2, 0.25) is 0 Å². The number of rotatable bonds is 2. The Morgan fingerprint density at radius 1 is 1.42 bits per heavy atom. The SMILES string of the molecule is Cl.Nc1ncnc2c1ncn2[C@H]1C[C@H](O)[C@@H](CO)O1. The lowest BCUT2D eigenvalue weighted by atomic mass is 10.2. The molecule has 1 aliphatic heterocycles. The molecule has 3 rings (SSSR count). The Kier molecular flexibility index (Phi) is 3.85. The van der Waals surface area contributed by atoms with Crippen LogP contribution >= 0.6 is 12.4 Å². The first-order chi connectivity index (χ1) is 8.70. The zero-order valence-electron chi connectivity index (χ0n) is 9.88. The lowest BCUT2D eigenvalue weighted by Gasteiger charge is -2.13. The fourth-order valence-corrected chi connectivity index (χ4v) is 2.13. The summed E-state index contributed by atoms with van der Waals surface area (Å²) in [7, 11) is 0. The highest BCUT2D eigenvalue weighted by Gasteiger charge is 2.35. The number of nitrogen functional groups attached to an aromatic ring is 1. The first kappa shape index (κ1) is 13.9. The highest BCUT2D eigenvalue weighted by atomic mass is 35.5. The summed E-state index contributed by atoms with van der Waals surface area (Å²) < 4.78 is 7.22. The zero-order chi connectivity index (χ0) is 12.7. The second-order valence-corrected chi connectivity index (χ2v) is 4.20. The summed E-state index contributed by atoms with van der Waals surface area (Å²) in [4.78, 5) is 12.1. The Balaban J connectivity index is 0.00000133. The lowest BCUT2D eigenvalue weighted by Crippen LogP contribution is -2.24. The number of halogens is 1. The van der Waals surface area contributed by atoms with Crippen LogP contribution in [-0.2, 0) is 4.74 Å². The summed E-state index contributed by atoms with van der Waals surface area (Å²) in [6.07, 6.45) is 1.60. The molecule has 3 heterocycles. The molecule has 0 aromatic carbocycles. The van der Waals surface area contributed by atoms with E-state index in [0.29, 0.717) is 23.4 Å². The van der Waals surface area contributed by atoms with Crippen LogP contribution in [0.4, 0.5) is 5.82 Å². The quantitative estimate of drug-likeness (QED) is 0.679. The summed E-state index contributed by atoms with van der Waals surface area (Å²) in [6.45, 7) is -0.221. The Bertz CT molecular complexity index is 577. The van der Waals surface area contributed by atoms with E-state index in [2.05, 4.69) is 15.0 Å². The van der Waals surface area contributed by atoms with Crippen LogP contribution in [0.15, 0.2) is 12.7 Å². The smallest absolute Gasteiger partial charge is 0.167 e. The molecule has 19 heavy (non-hydrogen) atoms. The number of aliphatic hydroxyl groups is 2. The van der Waals surface area contributed by atoms with Crippen molar-refractivity contribution in [2.24, 2.45) is 0 Å². The molecule has 1 saturated heterocycles. The van der Waals surface area contributed by atoms with Gasteiger partial charge in [0.2, 0.25) is 0 Å². The number of aliphatic hydroxyl groups excluding tert-OH is 2. The van der Waals surface area contributed by atoms with Crippen LogP contribution in [-0.4, -0.2) is 48.5 Å². The molecule has 8 nitrogen and oxygen atoms in total. The van der Waals surface area contributed by atoms with Gasteiger partial charge in [0.1, 0.15) is 24.2 Å². The first-order valence-electron chi connectivity index (χ1n) is 5.58. The number of anilines is 1. The summed E-state index contributed by atoms with van der Waals surface area (Å²) in [5.41, 5.74) is 6.75. The van der Waals surface area contributed by atoms with Crippen molar-refractivity contribution in [3.05, 3.63) is 12.7 Å². The monoisotopic (exact) mass is 287 g/mol. The molecule has 0 bridgehead atoms. The predicted octanol–water partition coefficient (Wildman–Crippen LogP) is -0.529. The lowest BCUT2D eigenvalue weighted by molar-refractivity contribution is -0.0432. The van der Waals surface area contributed by atoms with E-state index in [1.807, 2.05) is 0 Å². The summed E-state index contributed by atoms with van der Waals surface area (Å²) in [5, 5.41) is 18.8. The van der Waals surface area contributed by atoms with Crippen molar-refractivity contribution in [3.63, 3.8) is 0 Å². The number of hydrogen-bond acceptors (Lipinski definition) is 7. The molecule has 1 fully saturated rings. The van der Waals surface area contributed by atoms with E-state index < -0.39 is 18.4 Å². The second-order valence-electron chi connectivity index (χ2n) is 4.20.